The summed E-state index contributed by atoms with van der Waals surface area (Å²) >= 11 is 6.09. The first-order valence-electron chi connectivity index (χ1n) is 20.6. The average Bonchev–Trinajstić information content (AvgIpc) is 3.86. The number of aryl methyl sites for hydroxylation is 6. The molecule has 1 aliphatic heterocycles. The smallest absolute Gasteiger partial charge is 0.274 e. The second-order valence-corrected chi connectivity index (χ2v) is 16.2. The van der Waals surface area contributed by atoms with Crippen molar-refractivity contribution in [2.75, 3.05) is 50.9 Å². The number of hydrogen-bond acceptors (Lipinski definition) is 11. The first kappa shape index (κ1) is 55.2. The van der Waals surface area contributed by atoms with Gasteiger partial charge in [0.15, 0.2) is 34.0 Å². The van der Waals surface area contributed by atoms with E-state index in [-0.39, 0.29) is 98.0 Å². The van der Waals surface area contributed by atoms with Crippen molar-refractivity contribution in [1.82, 2.24) is 34.4 Å². The number of halogens is 4. The monoisotopic (exact) mass is 962 g/mol. The van der Waals surface area contributed by atoms with E-state index < -0.39 is 5.91 Å². The summed E-state index contributed by atoms with van der Waals surface area (Å²) in [4.78, 5) is 54.9. The Morgan fingerprint density at radius 1 is 0.766 bits per heavy atom. The van der Waals surface area contributed by atoms with Crippen molar-refractivity contribution in [1.29, 1.82) is 0 Å². The van der Waals surface area contributed by atoms with Gasteiger partial charge in [-0.2, -0.15) is 0 Å². The summed E-state index contributed by atoms with van der Waals surface area (Å²) in [5.74, 6) is 0.909. The van der Waals surface area contributed by atoms with E-state index in [0.717, 1.165) is 80.6 Å². The van der Waals surface area contributed by atoms with Crippen molar-refractivity contribution in [3.63, 3.8) is 0 Å². The molecule has 1 atom stereocenters. The van der Waals surface area contributed by atoms with Gasteiger partial charge in [-0.05, 0) is 73.9 Å². The van der Waals surface area contributed by atoms with Crippen LogP contribution < -0.4 is 38.7 Å². The number of rotatable bonds is 22. The van der Waals surface area contributed by atoms with Gasteiger partial charge in [0.2, 0.25) is 0 Å². The highest BCUT2D eigenvalue weighted by atomic mass is 35.5. The van der Waals surface area contributed by atoms with Crippen molar-refractivity contribution >= 4 is 65.5 Å². The molecule has 5 aromatic rings. The Bertz CT molecular complexity index is 2110. The van der Waals surface area contributed by atoms with Crippen LogP contribution in [-0.4, -0.2) is 96.5 Å². The standard InChI is InChI=1S/C44H55ClN10O5.CH4.3ClH/c1-53-24-33(48-29-53)13-15-36(56)27-59-38-17-9-31(10-18-38)6-3-21-55(23-5-8-35(26-55)50-44(58)40-42(46)52-43(47)41(45)51-40)22-4-7-32-11-19-39(20-12-32)60-28-37(57)16-14-34-25-54(2)30-49-34;;;;/h9-12,17-20,24-25,29-30,35H,3-8,13-16,21-23,26-28H2,1-2H3,(H4-,46,47,50,52,58);1H4;3*1H/t35-;;;;/m0..../s1. The van der Waals surface area contributed by atoms with E-state index in [1.165, 1.54) is 11.1 Å². The summed E-state index contributed by atoms with van der Waals surface area (Å²) in [5, 5.41) is 3.10. The Labute approximate surface area is 399 Å². The Kier molecular flexibility index (Phi) is 23.1. The van der Waals surface area contributed by atoms with Gasteiger partial charge in [0.1, 0.15) is 24.7 Å². The summed E-state index contributed by atoms with van der Waals surface area (Å²) in [7, 11) is 3.82. The Morgan fingerprint density at radius 2 is 1.25 bits per heavy atom. The number of carbonyl (C=O) groups excluding carboxylic acids is 3. The number of nitrogens with two attached hydrogens (primary N) is 2. The van der Waals surface area contributed by atoms with Crippen LogP contribution in [0.4, 0.5) is 11.6 Å². The molecule has 1 amide bonds. The van der Waals surface area contributed by atoms with E-state index in [9.17, 15) is 14.4 Å². The fourth-order valence-corrected chi connectivity index (χ4v) is 7.89. The fraction of sp³-hybridized carbons (Fsp3) is 0.444. The van der Waals surface area contributed by atoms with E-state index >= 15 is 0 Å². The number of anilines is 2. The quantitative estimate of drug-likeness (QED) is 0.0862. The van der Waals surface area contributed by atoms with Crippen molar-refractivity contribution in [3.05, 3.63) is 107 Å². The molecule has 1 fully saturated rings. The second kappa shape index (κ2) is 26.8. The SMILES string of the molecule is C.Cl.Cl.Cn1cnc(CCC(=O)COc2ccc(CCC[N+]3(CCCc4ccc(OCC(=O)CCc5cn(C)cn5)cc4)CCC[C@H](NC(=O)c4nc(Cl)c(N)nc4N)C3)cc2)c1.[Cl-]. The molecule has 0 bridgehead atoms. The molecule has 4 heterocycles. The van der Waals surface area contributed by atoms with Crippen LogP contribution in [0.5, 0.6) is 11.5 Å². The van der Waals surface area contributed by atoms with Crippen LogP contribution >= 0.6 is 36.4 Å². The highest BCUT2D eigenvalue weighted by Crippen LogP contribution is 2.25. The molecule has 3 aromatic heterocycles. The summed E-state index contributed by atoms with van der Waals surface area (Å²) in [5.41, 5.74) is 15.9. The lowest BCUT2D eigenvalue weighted by molar-refractivity contribution is -0.933. The summed E-state index contributed by atoms with van der Waals surface area (Å²) in [6, 6.07) is 15.9. The molecule has 19 heteroatoms. The van der Waals surface area contributed by atoms with Crippen LogP contribution in [0.25, 0.3) is 0 Å². The third-order valence-corrected chi connectivity index (χ3v) is 11.2. The first-order chi connectivity index (χ1) is 28.9. The molecular weight excluding hydrogens is 902 g/mol. The van der Waals surface area contributed by atoms with Crippen LogP contribution in [-0.2, 0) is 49.4 Å². The number of hydrogen-bond donors (Lipinski definition) is 3. The number of likely N-dealkylation sites (tertiary alicyclic amines) is 1. The summed E-state index contributed by atoms with van der Waals surface area (Å²) < 4.78 is 16.2. The zero-order chi connectivity index (χ0) is 42.5. The van der Waals surface area contributed by atoms with E-state index in [1.807, 2.05) is 59.9 Å². The lowest BCUT2D eigenvalue weighted by Crippen LogP contribution is -3.00. The van der Waals surface area contributed by atoms with E-state index in [1.54, 1.807) is 12.7 Å². The van der Waals surface area contributed by atoms with Gasteiger partial charge in [0.25, 0.3) is 5.91 Å². The van der Waals surface area contributed by atoms with Gasteiger partial charge in [0, 0.05) is 52.2 Å². The van der Waals surface area contributed by atoms with Crippen LogP contribution in [0.1, 0.15) is 79.0 Å². The molecule has 0 radical (unpaired) electrons. The molecule has 0 aliphatic carbocycles. The lowest BCUT2D eigenvalue weighted by atomic mass is 9.99. The van der Waals surface area contributed by atoms with Crippen molar-refractivity contribution in [2.24, 2.45) is 14.1 Å². The van der Waals surface area contributed by atoms with Gasteiger partial charge in [-0.15, -0.1) is 24.8 Å². The number of ketones is 2. The van der Waals surface area contributed by atoms with E-state index in [2.05, 4.69) is 49.5 Å². The number of imidazole rings is 2. The zero-order valence-corrected chi connectivity index (χ0v) is 38.9. The third kappa shape index (κ3) is 16.9. The number of amides is 1. The largest absolute Gasteiger partial charge is 1.00 e. The predicted molar refractivity (Wildman–Crippen MR) is 251 cm³/mol. The third-order valence-electron chi connectivity index (χ3n) is 10.9. The van der Waals surface area contributed by atoms with Gasteiger partial charge in [-0.25, -0.2) is 19.9 Å². The van der Waals surface area contributed by atoms with Gasteiger partial charge in [0.05, 0.1) is 56.3 Å². The molecule has 2 aromatic carbocycles. The molecular formula is C45H62Cl4N10O5. The maximum absolute atomic E-state index is 13.3. The van der Waals surface area contributed by atoms with Crippen molar-refractivity contribution in [2.45, 2.75) is 77.7 Å². The molecule has 350 valence electrons. The topological polar surface area (TPSA) is 195 Å². The molecule has 0 saturated carbocycles. The average molecular weight is 965 g/mol. The maximum Gasteiger partial charge on any atom is 0.274 e. The van der Waals surface area contributed by atoms with Gasteiger partial charge >= 0.3 is 0 Å². The number of nitrogens with zero attached hydrogens (tertiary/aromatic N) is 7. The molecule has 1 saturated heterocycles. The molecule has 64 heavy (non-hydrogen) atoms. The highest BCUT2D eigenvalue weighted by molar-refractivity contribution is 6.31. The normalized spacial score (nSPS) is 13.8. The number of aromatic nitrogens is 6. The number of Topliss-reactive ketones (excluding diaryl/α,β-unsaturated/α-hetero) is 2. The number of nitrogen functional groups attached to an aromatic ring is 2. The summed E-state index contributed by atoms with van der Waals surface area (Å²) in [6.07, 6.45) is 14.7. The number of carbonyl (C=O) groups is 3. The number of ether oxygens (including phenoxy) is 2. The number of quaternary nitrogens is 1. The first-order valence-corrected chi connectivity index (χ1v) is 20.9. The van der Waals surface area contributed by atoms with Crippen LogP contribution in [0.3, 0.4) is 0 Å². The second-order valence-electron chi connectivity index (χ2n) is 15.9. The van der Waals surface area contributed by atoms with E-state index in [0.29, 0.717) is 37.2 Å². The number of nitrogens with one attached hydrogen (secondary N) is 1. The van der Waals surface area contributed by atoms with Crippen LogP contribution in [0.2, 0.25) is 5.15 Å². The minimum Gasteiger partial charge on any atom is -1.00 e. The maximum atomic E-state index is 13.3. The molecule has 0 spiro atoms. The molecule has 0 unspecified atom stereocenters. The number of piperidine rings is 1. The van der Waals surface area contributed by atoms with Gasteiger partial charge in [-0.3, -0.25) is 14.4 Å². The van der Waals surface area contributed by atoms with Crippen LogP contribution in [0.15, 0.2) is 73.6 Å². The van der Waals surface area contributed by atoms with E-state index in [4.69, 9.17) is 32.5 Å². The zero-order valence-electron chi connectivity index (χ0n) is 35.7. The molecule has 5 N–H and O–H groups in total. The van der Waals surface area contributed by atoms with Crippen LogP contribution in [0, 0.1) is 0 Å². The van der Waals surface area contributed by atoms with Crippen molar-refractivity contribution in [3.8, 4) is 11.5 Å². The molecule has 1 aliphatic rings. The summed E-state index contributed by atoms with van der Waals surface area (Å²) in [6.45, 7) is 3.70. The van der Waals surface area contributed by atoms with Gasteiger partial charge < -0.3 is 52.3 Å². The predicted octanol–water partition coefficient (Wildman–Crippen LogP) is 3.38. The Balaban J connectivity index is 0.00000352. The lowest BCUT2D eigenvalue weighted by Gasteiger charge is -2.45. The van der Waals surface area contributed by atoms with Crippen molar-refractivity contribution < 1.29 is 40.7 Å². The molecule has 6 rings (SSSR count). The minimum absolute atomic E-state index is 0. The Hall–Kier alpha value is -4.93. The number of benzene rings is 2. The molecule has 15 nitrogen and oxygen atoms in total. The fourth-order valence-electron chi connectivity index (χ4n) is 7.76. The Morgan fingerprint density at radius 3 is 1.70 bits per heavy atom. The minimum atomic E-state index is -0.415. The highest BCUT2D eigenvalue weighted by Gasteiger charge is 2.35. The van der Waals surface area contributed by atoms with Gasteiger partial charge in [-0.1, -0.05) is 43.3 Å².